The fourth-order valence-corrected chi connectivity index (χ4v) is 2.53. The lowest BCUT2D eigenvalue weighted by molar-refractivity contribution is -0.757. The number of unbranched alkanes of at least 4 members (excludes halogenated alkanes) is 4. The number of hydrogen-bond acceptors (Lipinski definition) is 6. The smallest absolute Gasteiger partial charge is 0.294 e. The molecule has 0 unspecified atom stereocenters. The number of fused-ring (bicyclic) bond motifs is 1. The van der Waals surface area contributed by atoms with Crippen molar-refractivity contribution in [2.24, 2.45) is 0 Å². The average molecular weight is 370 g/mol. The normalized spacial score (nSPS) is 10.1. The molecule has 138 valence electrons. The van der Waals surface area contributed by atoms with Gasteiger partial charge in [0, 0.05) is 29.9 Å². The molecule has 0 amide bonds. The van der Waals surface area contributed by atoms with E-state index in [1.165, 1.54) is 0 Å². The number of methoxy groups -OCH3 is 1. The molecule has 0 radical (unpaired) electrons. The first-order chi connectivity index (χ1) is 11.7. The molecule has 0 bridgehead atoms. The molecule has 2 aromatic rings. The summed E-state index contributed by atoms with van der Waals surface area (Å²) in [5.41, 5.74) is 1.98. The van der Waals surface area contributed by atoms with Crippen molar-refractivity contribution in [2.75, 3.05) is 25.6 Å². The summed E-state index contributed by atoms with van der Waals surface area (Å²) < 4.78 is 5.22. The summed E-state index contributed by atoms with van der Waals surface area (Å²) in [6.45, 7) is 1.08. The molecule has 1 aromatic heterocycles. The van der Waals surface area contributed by atoms with Crippen molar-refractivity contribution in [3.8, 4) is 5.75 Å². The van der Waals surface area contributed by atoms with Gasteiger partial charge in [-0.2, -0.15) is 0 Å². The quantitative estimate of drug-likeness (QED) is 0.362. The molecule has 0 aliphatic heterocycles. The van der Waals surface area contributed by atoms with E-state index in [4.69, 9.17) is 4.74 Å². The van der Waals surface area contributed by atoms with E-state index in [9.17, 15) is 10.1 Å². The van der Waals surface area contributed by atoms with Crippen LogP contribution >= 0.6 is 12.4 Å². The number of pyridine rings is 1. The standard InChI is InChI=1S/C17H23N3O4.ClH/c1-23-14-7-8-15-16(9-11-19-17(15)13-14)18-10-5-3-2-4-6-12-24-20(21)22;/h7-9,11,13H,2-6,10,12H2,1H3,(H,18,19);1H. The summed E-state index contributed by atoms with van der Waals surface area (Å²) in [7, 11) is 1.65. The van der Waals surface area contributed by atoms with Crippen LogP contribution in [0, 0.1) is 10.1 Å². The second kappa shape index (κ2) is 11.3. The summed E-state index contributed by atoms with van der Waals surface area (Å²) in [6.07, 6.45) is 6.66. The fraction of sp³-hybridized carbons (Fsp3) is 0.471. The lowest BCUT2D eigenvalue weighted by Gasteiger charge is -2.10. The van der Waals surface area contributed by atoms with Crippen molar-refractivity contribution in [1.29, 1.82) is 0 Å². The van der Waals surface area contributed by atoms with Gasteiger partial charge >= 0.3 is 0 Å². The molecule has 1 aromatic carbocycles. The van der Waals surface area contributed by atoms with E-state index in [0.29, 0.717) is 0 Å². The Hall–Kier alpha value is -2.28. The second-order valence-electron chi connectivity index (χ2n) is 5.49. The maximum absolute atomic E-state index is 10.0. The lowest BCUT2D eigenvalue weighted by Crippen LogP contribution is -2.03. The molecule has 0 fully saturated rings. The first-order valence-electron chi connectivity index (χ1n) is 8.14. The highest BCUT2D eigenvalue weighted by Crippen LogP contribution is 2.25. The van der Waals surface area contributed by atoms with Crippen molar-refractivity contribution < 1.29 is 14.7 Å². The number of aromatic nitrogens is 1. The van der Waals surface area contributed by atoms with Crippen molar-refractivity contribution in [3.63, 3.8) is 0 Å². The van der Waals surface area contributed by atoms with E-state index < -0.39 is 5.09 Å². The van der Waals surface area contributed by atoms with E-state index in [2.05, 4.69) is 15.1 Å². The number of halogens is 1. The minimum absolute atomic E-state index is 0. The molecular weight excluding hydrogens is 346 g/mol. The highest BCUT2D eigenvalue weighted by Gasteiger charge is 2.03. The highest BCUT2D eigenvalue weighted by molar-refractivity contribution is 5.91. The molecule has 2 rings (SSSR count). The first-order valence-corrected chi connectivity index (χ1v) is 8.14. The van der Waals surface area contributed by atoms with E-state index in [-0.39, 0.29) is 19.0 Å². The number of benzene rings is 1. The Kier molecular flexibility index (Phi) is 9.39. The topological polar surface area (TPSA) is 86.5 Å². The van der Waals surface area contributed by atoms with Gasteiger partial charge in [0.2, 0.25) is 0 Å². The Morgan fingerprint density at radius 3 is 2.68 bits per heavy atom. The average Bonchev–Trinajstić information content (AvgIpc) is 2.59. The van der Waals surface area contributed by atoms with Crippen LogP contribution in [0.2, 0.25) is 0 Å². The van der Waals surface area contributed by atoms with E-state index in [1.807, 2.05) is 24.3 Å². The molecule has 8 heteroatoms. The maximum Gasteiger partial charge on any atom is 0.294 e. The Bertz CT molecular complexity index is 669. The van der Waals surface area contributed by atoms with Crippen molar-refractivity contribution in [2.45, 2.75) is 32.1 Å². The number of hydrogen-bond donors (Lipinski definition) is 1. The van der Waals surface area contributed by atoms with Crippen LogP contribution in [0.15, 0.2) is 30.5 Å². The second-order valence-corrected chi connectivity index (χ2v) is 5.49. The SMILES string of the molecule is COc1ccc2c(NCCCCCCCO[N+](=O)[O-])ccnc2c1.Cl. The van der Waals surface area contributed by atoms with Gasteiger partial charge in [0.15, 0.2) is 0 Å². The molecule has 1 N–H and O–H groups in total. The van der Waals surface area contributed by atoms with Crippen LogP contribution in [0.5, 0.6) is 5.75 Å². The third-order valence-electron chi connectivity index (χ3n) is 3.78. The zero-order chi connectivity index (χ0) is 17.2. The van der Waals surface area contributed by atoms with Gasteiger partial charge < -0.3 is 14.9 Å². The van der Waals surface area contributed by atoms with Crippen LogP contribution in [-0.4, -0.2) is 30.3 Å². The van der Waals surface area contributed by atoms with Crippen molar-refractivity contribution in [1.82, 2.24) is 4.98 Å². The monoisotopic (exact) mass is 369 g/mol. The summed E-state index contributed by atoms with van der Waals surface area (Å²) >= 11 is 0. The third-order valence-corrected chi connectivity index (χ3v) is 3.78. The Labute approximate surface area is 153 Å². The van der Waals surface area contributed by atoms with Gasteiger partial charge in [-0.1, -0.05) is 19.3 Å². The Balaban J connectivity index is 0.00000312. The van der Waals surface area contributed by atoms with Crippen LogP contribution in [0.4, 0.5) is 5.69 Å². The highest BCUT2D eigenvalue weighted by atomic mass is 35.5. The van der Waals surface area contributed by atoms with Gasteiger partial charge in [0.05, 0.1) is 19.2 Å². The minimum Gasteiger partial charge on any atom is -0.497 e. The molecule has 25 heavy (non-hydrogen) atoms. The van der Waals surface area contributed by atoms with Gasteiger partial charge in [0.1, 0.15) is 5.75 Å². The molecule has 7 nitrogen and oxygen atoms in total. The largest absolute Gasteiger partial charge is 0.497 e. The summed E-state index contributed by atoms with van der Waals surface area (Å²) in [5, 5.41) is 13.8. The van der Waals surface area contributed by atoms with Crippen LogP contribution in [-0.2, 0) is 4.84 Å². The Morgan fingerprint density at radius 2 is 1.92 bits per heavy atom. The predicted molar refractivity (Wildman–Crippen MR) is 100 cm³/mol. The fourth-order valence-electron chi connectivity index (χ4n) is 2.53. The molecule has 0 aliphatic carbocycles. The first kappa shape index (κ1) is 20.8. The summed E-state index contributed by atoms with van der Waals surface area (Å²) in [5.74, 6) is 0.799. The molecule has 0 saturated carbocycles. The number of anilines is 1. The van der Waals surface area contributed by atoms with E-state index >= 15 is 0 Å². The predicted octanol–water partition coefficient (Wildman–Crippen LogP) is 4.24. The van der Waals surface area contributed by atoms with Gasteiger partial charge in [0.25, 0.3) is 5.09 Å². The van der Waals surface area contributed by atoms with Gasteiger partial charge in [-0.3, -0.25) is 4.98 Å². The molecule has 0 atom stereocenters. The van der Waals surface area contributed by atoms with Crippen molar-refractivity contribution >= 4 is 29.0 Å². The number of nitrogens with one attached hydrogen (secondary N) is 1. The van der Waals surface area contributed by atoms with Gasteiger partial charge in [-0.25, -0.2) is 0 Å². The molecule has 0 spiro atoms. The van der Waals surface area contributed by atoms with E-state index in [1.54, 1.807) is 13.3 Å². The minimum atomic E-state index is -0.738. The number of ether oxygens (including phenoxy) is 1. The summed E-state index contributed by atoms with van der Waals surface area (Å²) in [6, 6.07) is 7.85. The van der Waals surface area contributed by atoms with Gasteiger partial charge in [-0.05, 0) is 31.0 Å². The van der Waals surface area contributed by atoms with E-state index in [0.717, 1.165) is 61.0 Å². The maximum atomic E-state index is 10.0. The molecule has 0 aliphatic rings. The lowest BCUT2D eigenvalue weighted by atomic mass is 10.1. The molecule has 0 saturated heterocycles. The van der Waals surface area contributed by atoms with Crippen LogP contribution in [0.1, 0.15) is 32.1 Å². The Morgan fingerprint density at radius 1 is 1.16 bits per heavy atom. The zero-order valence-electron chi connectivity index (χ0n) is 14.3. The number of rotatable bonds is 11. The number of nitrogens with zero attached hydrogens (tertiary/aromatic N) is 2. The van der Waals surface area contributed by atoms with Gasteiger partial charge in [-0.15, -0.1) is 22.5 Å². The van der Waals surface area contributed by atoms with Crippen LogP contribution in [0.3, 0.4) is 0 Å². The van der Waals surface area contributed by atoms with Crippen LogP contribution < -0.4 is 10.1 Å². The summed E-state index contributed by atoms with van der Waals surface area (Å²) in [4.78, 5) is 18.6. The zero-order valence-corrected chi connectivity index (χ0v) is 15.1. The van der Waals surface area contributed by atoms with Crippen LogP contribution in [0.25, 0.3) is 10.9 Å². The third kappa shape index (κ3) is 7.01. The van der Waals surface area contributed by atoms with Crippen molar-refractivity contribution in [3.05, 3.63) is 40.6 Å². The molecule has 1 heterocycles. The molecular formula is C17H24ClN3O4.